The van der Waals surface area contributed by atoms with E-state index in [0.29, 0.717) is 17.7 Å². The fraction of sp³-hybridized carbons (Fsp3) is 0.375. The number of nitrogens with zero attached hydrogens (tertiary/aromatic N) is 1. The topological polar surface area (TPSA) is 68.5 Å². The highest BCUT2D eigenvalue weighted by Gasteiger charge is 2.16. The first-order valence-corrected chi connectivity index (χ1v) is 6.92. The van der Waals surface area contributed by atoms with E-state index in [9.17, 15) is 14.7 Å². The van der Waals surface area contributed by atoms with Crippen LogP contribution in [0.3, 0.4) is 0 Å². The Morgan fingerprint density at radius 1 is 1.38 bits per heavy atom. The number of aryl methyl sites for hydroxylation is 2. The molecular formula is C16H19NO4. The average molecular weight is 289 g/mol. The van der Waals surface area contributed by atoms with Gasteiger partial charge in [-0.25, -0.2) is 4.79 Å². The molecule has 2 aromatic rings. The summed E-state index contributed by atoms with van der Waals surface area (Å²) >= 11 is 0. The van der Waals surface area contributed by atoms with Crippen molar-refractivity contribution in [3.63, 3.8) is 0 Å². The molecule has 112 valence electrons. The fourth-order valence-electron chi connectivity index (χ4n) is 2.47. The lowest BCUT2D eigenvalue weighted by molar-refractivity contribution is 0.0695. The van der Waals surface area contributed by atoms with Crippen LogP contribution in [0, 0.1) is 6.92 Å². The summed E-state index contributed by atoms with van der Waals surface area (Å²) in [4.78, 5) is 23.6. The Morgan fingerprint density at radius 3 is 2.57 bits per heavy atom. The number of aromatic nitrogens is 1. The molecule has 1 aromatic carbocycles. The van der Waals surface area contributed by atoms with E-state index < -0.39 is 11.4 Å². The SMILES string of the molecule is CCn1cc(C(=O)O)c(=O)c2cc(OC(C)C)cc(C)c21. The molecule has 5 heteroatoms. The second-order valence-corrected chi connectivity index (χ2v) is 5.27. The Kier molecular flexibility index (Phi) is 4.02. The lowest BCUT2D eigenvalue weighted by atomic mass is 10.1. The van der Waals surface area contributed by atoms with Crippen LogP contribution in [-0.4, -0.2) is 21.7 Å². The zero-order valence-electron chi connectivity index (χ0n) is 12.6. The number of benzene rings is 1. The molecule has 0 fully saturated rings. The summed E-state index contributed by atoms with van der Waals surface area (Å²) in [5.74, 6) is -0.630. The minimum absolute atomic E-state index is 0.0158. The Labute approximate surface area is 122 Å². The van der Waals surface area contributed by atoms with Crippen molar-refractivity contribution < 1.29 is 14.6 Å². The normalized spacial score (nSPS) is 11.1. The van der Waals surface area contributed by atoms with Gasteiger partial charge in [0.2, 0.25) is 5.43 Å². The van der Waals surface area contributed by atoms with Crippen molar-refractivity contribution in [3.05, 3.63) is 39.7 Å². The van der Waals surface area contributed by atoms with Crippen LogP contribution in [0.25, 0.3) is 10.9 Å². The lowest BCUT2D eigenvalue weighted by Crippen LogP contribution is -2.19. The molecule has 0 radical (unpaired) electrons. The summed E-state index contributed by atoms with van der Waals surface area (Å²) in [6.07, 6.45) is 1.39. The molecule has 0 atom stereocenters. The number of hydrogen-bond acceptors (Lipinski definition) is 3. The van der Waals surface area contributed by atoms with Crippen LogP contribution in [0.2, 0.25) is 0 Å². The number of rotatable bonds is 4. The van der Waals surface area contributed by atoms with E-state index in [1.807, 2.05) is 33.8 Å². The van der Waals surface area contributed by atoms with Crippen molar-refractivity contribution in [2.75, 3.05) is 0 Å². The highest BCUT2D eigenvalue weighted by Crippen LogP contribution is 2.24. The van der Waals surface area contributed by atoms with Gasteiger partial charge in [-0.15, -0.1) is 0 Å². The molecule has 21 heavy (non-hydrogen) atoms. The molecule has 1 heterocycles. The maximum Gasteiger partial charge on any atom is 0.341 e. The summed E-state index contributed by atoms with van der Waals surface area (Å²) in [6, 6.07) is 3.50. The third-order valence-electron chi connectivity index (χ3n) is 3.28. The standard InChI is InChI=1S/C16H19NO4/c1-5-17-8-13(16(19)20)15(18)12-7-11(21-9(2)3)6-10(4)14(12)17/h6-9H,5H2,1-4H3,(H,19,20). The summed E-state index contributed by atoms with van der Waals surface area (Å²) < 4.78 is 7.42. The number of carboxylic acids is 1. The van der Waals surface area contributed by atoms with Gasteiger partial charge in [0.15, 0.2) is 0 Å². The van der Waals surface area contributed by atoms with Gasteiger partial charge in [-0.1, -0.05) is 0 Å². The maximum atomic E-state index is 12.4. The molecule has 0 saturated carbocycles. The predicted octanol–water partition coefficient (Wildman–Crippen LogP) is 2.82. The molecule has 1 aromatic heterocycles. The molecular weight excluding hydrogens is 270 g/mol. The lowest BCUT2D eigenvalue weighted by Gasteiger charge is -2.16. The molecule has 0 spiro atoms. The van der Waals surface area contributed by atoms with E-state index in [-0.39, 0.29) is 11.7 Å². The molecule has 0 unspecified atom stereocenters. The number of hydrogen-bond donors (Lipinski definition) is 1. The molecule has 0 bridgehead atoms. The van der Waals surface area contributed by atoms with Crippen molar-refractivity contribution in [1.29, 1.82) is 0 Å². The Hall–Kier alpha value is -2.30. The van der Waals surface area contributed by atoms with Crippen molar-refractivity contribution in [3.8, 4) is 5.75 Å². The van der Waals surface area contributed by atoms with Gasteiger partial charge in [0.25, 0.3) is 0 Å². The zero-order valence-corrected chi connectivity index (χ0v) is 12.6. The van der Waals surface area contributed by atoms with Crippen molar-refractivity contribution in [2.24, 2.45) is 0 Å². The van der Waals surface area contributed by atoms with Crippen LogP contribution in [-0.2, 0) is 6.54 Å². The van der Waals surface area contributed by atoms with Crippen LogP contribution in [0.5, 0.6) is 5.75 Å². The van der Waals surface area contributed by atoms with Crippen molar-refractivity contribution in [1.82, 2.24) is 4.57 Å². The highest BCUT2D eigenvalue weighted by atomic mass is 16.5. The molecule has 0 amide bonds. The molecule has 0 saturated heterocycles. The van der Waals surface area contributed by atoms with Gasteiger partial charge in [0, 0.05) is 12.7 Å². The van der Waals surface area contributed by atoms with Gasteiger partial charge in [-0.3, -0.25) is 4.79 Å². The van der Waals surface area contributed by atoms with Crippen molar-refractivity contribution >= 4 is 16.9 Å². The fourth-order valence-corrected chi connectivity index (χ4v) is 2.47. The Morgan fingerprint density at radius 2 is 2.05 bits per heavy atom. The second kappa shape index (κ2) is 5.60. The van der Waals surface area contributed by atoms with Gasteiger partial charge in [0.1, 0.15) is 11.3 Å². The molecule has 0 aliphatic carbocycles. The highest BCUT2D eigenvalue weighted by molar-refractivity contribution is 5.93. The summed E-state index contributed by atoms with van der Waals surface area (Å²) in [7, 11) is 0. The Balaban J connectivity index is 2.85. The number of pyridine rings is 1. The minimum atomic E-state index is -1.21. The first kappa shape index (κ1) is 15.1. The van der Waals surface area contributed by atoms with Crippen LogP contribution in [0.15, 0.2) is 23.1 Å². The van der Waals surface area contributed by atoms with Crippen LogP contribution in [0.4, 0.5) is 0 Å². The number of carboxylic acid groups (broad SMARTS) is 1. The molecule has 5 nitrogen and oxygen atoms in total. The van der Waals surface area contributed by atoms with Crippen LogP contribution >= 0.6 is 0 Å². The van der Waals surface area contributed by atoms with E-state index >= 15 is 0 Å². The van der Waals surface area contributed by atoms with Crippen LogP contribution in [0.1, 0.15) is 36.7 Å². The quantitative estimate of drug-likeness (QED) is 0.939. The van der Waals surface area contributed by atoms with Gasteiger partial charge >= 0.3 is 5.97 Å². The van der Waals surface area contributed by atoms with Gasteiger partial charge < -0.3 is 14.4 Å². The van der Waals surface area contributed by atoms with Gasteiger partial charge in [-0.05, 0) is 45.4 Å². The summed E-state index contributed by atoms with van der Waals surface area (Å²) in [6.45, 7) is 8.19. The Bertz CT molecular complexity index is 759. The van der Waals surface area contributed by atoms with Crippen LogP contribution < -0.4 is 10.2 Å². The first-order valence-electron chi connectivity index (χ1n) is 6.92. The van der Waals surface area contributed by atoms with Gasteiger partial charge in [-0.2, -0.15) is 0 Å². The summed E-state index contributed by atoms with van der Waals surface area (Å²) in [5.41, 5.74) is 0.951. The third kappa shape index (κ3) is 2.77. The molecule has 2 rings (SSSR count). The number of fused-ring (bicyclic) bond motifs is 1. The van der Waals surface area contributed by atoms with Gasteiger partial charge in [0.05, 0.1) is 17.0 Å². The zero-order chi connectivity index (χ0) is 15.7. The predicted molar refractivity (Wildman–Crippen MR) is 81.3 cm³/mol. The van der Waals surface area contributed by atoms with Crippen molar-refractivity contribution in [2.45, 2.75) is 40.3 Å². The van der Waals surface area contributed by atoms with E-state index in [1.165, 1.54) is 6.20 Å². The smallest absolute Gasteiger partial charge is 0.341 e. The largest absolute Gasteiger partial charge is 0.491 e. The average Bonchev–Trinajstić information content (AvgIpc) is 2.38. The van der Waals surface area contributed by atoms with E-state index in [2.05, 4.69) is 0 Å². The van der Waals surface area contributed by atoms with E-state index in [1.54, 1.807) is 10.6 Å². The molecule has 0 aliphatic rings. The second-order valence-electron chi connectivity index (χ2n) is 5.27. The van der Waals surface area contributed by atoms with E-state index in [4.69, 9.17) is 4.74 Å². The number of aromatic carboxylic acids is 1. The minimum Gasteiger partial charge on any atom is -0.491 e. The molecule has 0 aliphatic heterocycles. The number of carbonyl (C=O) groups is 1. The molecule has 1 N–H and O–H groups in total. The monoisotopic (exact) mass is 289 g/mol. The van der Waals surface area contributed by atoms with E-state index in [0.717, 1.165) is 11.1 Å². The number of ether oxygens (including phenoxy) is 1. The third-order valence-corrected chi connectivity index (χ3v) is 3.28. The maximum absolute atomic E-state index is 12.4. The summed E-state index contributed by atoms with van der Waals surface area (Å²) in [5, 5.41) is 9.57. The first-order chi connectivity index (χ1) is 9.85.